The molecule has 2 heterocycles. The van der Waals surface area contributed by atoms with Crippen LogP contribution in [0.15, 0.2) is 6.08 Å². The van der Waals surface area contributed by atoms with Crippen LogP contribution < -0.4 is 10.2 Å². The van der Waals surface area contributed by atoms with E-state index in [4.69, 9.17) is 0 Å². The molecule has 0 saturated carbocycles. The van der Waals surface area contributed by atoms with Crippen LogP contribution in [0.5, 0.6) is 0 Å². The van der Waals surface area contributed by atoms with Crippen LogP contribution >= 0.6 is 0 Å². The average molecular weight is 378 g/mol. The van der Waals surface area contributed by atoms with Gasteiger partial charge in [0.25, 0.3) is 0 Å². The Bertz CT molecular complexity index is 826. The van der Waals surface area contributed by atoms with Crippen LogP contribution in [-0.2, 0) is 22.2 Å². The first-order valence-electron chi connectivity index (χ1n) is 7.49. The van der Waals surface area contributed by atoms with Crippen molar-refractivity contribution in [3.63, 3.8) is 0 Å². The lowest BCUT2D eigenvalue weighted by atomic mass is 9.89. The van der Waals surface area contributed by atoms with Crippen molar-refractivity contribution in [3.8, 4) is 0 Å². The van der Waals surface area contributed by atoms with Gasteiger partial charge in [0, 0.05) is 5.56 Å². The zero-order valence-electron chi connectivity index (χ0n) is 13.3. The van der Waals surface area contributed by atoms with Crippen LogP contribution in [0.3, 0.4) is 0 Å². The van der Waals surface area contributed by atoms with Gasteiger partial charge >= 0.3 is 12.4 Å². The molecule has 0 aromatic heterocycles. The summed E-state index contributed by atoms with van der Waals surface area (Å²) in [5.41, 5.74) is -2.03. The number of nitrogens with one attached hydrogen (secondary N) is 1. The minimum Gasteiger partial charge on any atom is -0.325 e. The molecule has 0 saturated heterocycles. The number of nitrogens with zero attached hydrogens (tertiary/aromatic N) is 1. The van der Waals surface area contributed by atoms with Gasteiger partial charge in [0.05, 0.1) is 35.8 Å². The number of rotatable bonds is 2. The summed E-state index contributed by atoms with van der Waals surface area (Å²) < 4.78 is 78.9. The van der Waals surface area contributed by atoms with E-state index in [1.54, 1.807) is 0 Å². The molecule has 0 fully saturated rings. The first kappa shape index (κ1) is 18.3. The molecule has 2 aliphatic rings. The molecule has 10 heteroatoms. The summed E-state index contributed by atoms with van der Waals surface area (Å²) in [6.45, 7) is 1.08. The summed E-state index contributed by atoms with van der Waals surface area (Å²) in [7, 11) is 0. The molecule has 26 heavy (non-hydrogen) atoms. The van der Waals surface area contributed by atoms with Gasteiger partial charge in [-0.25, -0.2) is 0 Å². The highest BCUT2D eigenvalue weighted by atomic mass is 19.4. The maximum atomic E-state index is 13.5. The van der Waals surface area contributed by atoms with Crippen LogP contribution in [-0.4, -0.2) is 24.5 Å². The summed E-state index contributed by atoms with van der Waals surface area (Å²) in [5.74, 6) is -0.651. The van der Waals surface area contributed by atoms with Gasteiger partial charge in [0.15, 0.2) is 0 Å². The predicted molar refractivity (Wildman–Crippen MR) is 80.6 cm³/mol. The van der Waals surface area contributed by atoms with Crippen LogP contribution in [0.4, 0.5) is 37.7 Å². The Morgan fingerprint density at radius 2 is 1.92 bits per heavy atom. The lowest BCUT2D eigenvalue weighted by molar-refractivity contribution is -0.138. The van der Waals surface area contributed by atoms with E-state index >= 15 is 0 Å². The van der Waals surface area contributed by atoms with E-state index in [9.17, 15) is 35.9 Å². The Morgan fingerprint density at radius 3 is 2.46 bits per heavy atom. The second-order valence-corrected chi connectivity index (χ2v) is 6.10. The Morgan fingerprint density at radius 1 is 1.27 bits per heavy atom. The highest BCUT2D eigenvalue weighted by Gasteiger charge is 2.44. The molecule has 0 bridgehead atoms. The molecule has 2 aliphatic heterocycles. The van der Waals surface area contributed by atoms with Crippen molar-refractivity contribution in [2.45, 2.75) is 38.2 Å². The third-order valence-corrected chi connectivity index (χ3v) is 4.40. The largest absolute Gasteiger partial charge is 0.418 e. The van der Waals surface area contributed by atoms with Gasteiger partial charge in [-0.15, -0.1) is 0 Å². The summed E-state index contributed by atoms with van der Waals surface area (Å²) in [5, 5.41) is 2.17. The Kier molecular flexibility index (Phi) is 4.04. The van der Waals surface area contributed by atoms with Crippen molar-refractivity contribution in [1.29, 1.82) is 0 Å². The van der Waals surface area contributed by atoms with E-state index in [1.165, 1.54) is 6.08 Å². The number of amides is 2. The van der Waals surface area contributed by atoms with E-state index in [0.717, 1.165) is 13.0 Å². The highest BCUT2D eigenvalue weighted by Crippen LogP contribution is 2.49. The molecule has 4 nitrogen and oxygen atoms in total. The number of carbonyl (C=O) groups excluding carboxylic acids is 2. The number of hydrogen-bond acceptors (Lipinski definition) is 2. The first-order valence-corrected chi connectivity index (χ1v) is 7.49. The summed E-state index contributed by atoms with van der Waals surface area (Å²) in [6, 6.07) is -1.46. The van der Waals surface area contributed by atoms with Crippen molar-refractivity contribution in [1.82, 2.24) is 0 Å². The summed E-state index contributed by atoms with van der Waals surface area (Å²) >= 11 is 0. The topological polar surface area (TPSA) is 49.4 Å². The lowest BCUT2D eigenvalue weighted by Gasteiger charge is -2.34. The zero-order valence-corrected chi connectivity index (χ0v) is 13.3. The van der Waals surface area contributed by atoms with Gasteiger partial charge in [-0.1, -0.05) is 12.2 Å². The third-order valence-electron chi connectivity index (χ3n) is 4.40. The fraction of sp³-hybridized carbons (Fsp3) is 0.375. The monoisotopic (exact) mass is 378 g/mol. The standard InChI is InChI=1S/C16H12F6N2O2/c1-7-12(16(20,21)22)13-10(4-11(26)23-13)9-3-2-8(5-15(17,18)19)24(6-25)14(7)9/h2-3,6,8H,4-5H2,1H3,(H,23,26). The molecule has 0 spiro atoms. The number of anilines is 2. The van der Waals surface area contributed by atoms with Crippen molar-refractivity contribution in [2.24, 2.45) is 0 Å². The van der Waals surface area contributed by atoms with E-state index < -0.39 is 47.5 Å². The van der Waals surface area contributed by atoms with Crippen molar-refractivity contribution >= 4 is 29.8 Å². The Hall–Kier alpha value is -2.52. The molecule has 1 atom stereocenters. The molecule has 1 unspecified atom stereocenters. The quantitative estimate of drug-likeness (QED) is 0.628. The van der Waals surface area contributed by atoms with Crippen LogP contribution in [0, 0.1) is 6.92 Å². The number of fused-ring (bicyclic) bond motifs is 3. The Labute approximate surface area is 143 Å². The first-order chi connectivity index (χ1) is 11.9. The van der Waals surface area contributed by atoms with E-state index in [-0.39, 0.29) is 29.6 Å². The SMILES string of the molecule is Cc1c2c(c3c(c1C(F)(F)F)NC(=O)C3)C=CC(CC(F)(F)F)N2C=O. The molecule has 1 aromatic carbocycles. The van der Waals surface area contributed by atoms with E-state index in [2.05, 4.69) is 5.32 Å². The molecule has 3 rings (SSSR count). The summed E-state index contributed by atoms with van der Waals surface area (Å²) in [4.78, 5) is 23.8. The highest BCUT2D eigenvalue weighted by molar-refractivity contribution is 6.05. The molecular weight excluding hydrogens is 366 g/mol. The van der Waals surface area contributed by atoms with Gasteiger partial charge in [-0.3, -0.25) is 9.59 Å². The second kappa shape index (κ2) is 5.75. The van der Waals surface area contributed by atoms with Gasteiger partial charge < -0.3 is 10.2 Å². The minimum atomic E-state index is -4.85. The number of alkyl halides is 6. The fourth-order valence-corrected chi connectivity index (χ4v) is 3.47. The fourth-order valence-electron chi connectivity index (χ4n) is 3.47. The predicted octanol–water partition coefficient (Wildman–Crippen LogP) is 3.82. The van der Waals surface area contributed by atoms with Crippen LogP contribution in [0.25, 0.3) is 6.08 Å². The lowest BCUT2D eigenvalue weighted by Crippen LogP contribution is -2.39. The second-order valence-electron chi connectivity index (χ2n) is 6.10. The maximum absolute atomic E-state index is 13.5. The number of carbonyl (C=O) groups is 2. The van der Waals surface area contributed by atoms with Gasteiger partial charge in [-0.05, 0) is 18.1 Å². The van der Waals surface area contributed by atoms with Gasteiger partial charge in [0.2, 0.25) is 12.3 Å². The molecule has 140 valence electrons. The Balaban J connectivity index is 2.26. The molecule has 0 radical (unpaired) electrons. The smallest absolute Gasteiger partial charge is 0.325 e. The van der Waals surface area contributed by atoms with E-state index in [1.807, 2.05) is 0 Å². The summed E-state index contributed by atoms with van der Waals surface area (Å²) in [6.07, 6.45) is -8.75. The average Bonchev–Trinajstić information content (AvgIpc) is 2.85. The molecular formula is C16H12F6N2O2. The third kappa shape index (κ3) is 2.93. The van der Waals surface area contributed by atoms with Crippen LogP contribution in [0.1, 0.15) is 28.7 Å². The zero-order chi connectivity index (χ0) is 19.4. The molecule has 1 aromatic rings. The number of hydrogen-bond donors (Lipinski definition) is 1. The molecule has 1 N–H and O–H groups in total. The van der Waals surface area contributed by atoms with E-state index in [0.29, 0.717) is 4.90 Å². The minimum absolute atomic E-state index is 0.0245. The molecule has 2 amide bonds. The number of halogens is 6. The van der Waals surface area contributed by atoms with Crippen molar-refractivity contribution in [2.75, 3.05) is 10.2 Å². The maximum Gasteiger partial charge on any atom is 0.418 e. The van der Waals surface area contributed by atoms with Crippen molar-refractivity contribution < 1.29 is 35.9 Å². The number of benzene rings is 1. The molecule has 0 aliphatic carbocycles. The van der Waals surface area contributed by atoms with Crippen LogP contribution in [0.2, 0.25) is 0 Å². The van der Waals surface area contributed by atoms with Gasteiger partial charge in [-0.2, -0.15) is 26.3 Å². The van der Waals surface area contributed by atoms with Crippen molar-refractivity contribution in [3.05, 3.63) is 28.3 Å². The normalized spacial score (nSPS) is 19.3. The van der Waals surface area contributed by atoms with Gasteiger partial charge in [0.1, 0.15) is 0 Å².